The Morgan fingerprint density at radius 3 is 2.68 bits per heavy atom. The van der Waals surface area contributed by atoms with Crippen molar-refractivity contribution in [3.8, 4) is 0 Å². The lowest BCUT2D eigenvalue weighted by Crippen LogP contribution is -2.71. The van der Waals surface area contributed by atoms with Crippen LogP contribution in [0.4, 0.5) is 13.2 Å². The van der Waals surface area contributed by atoms with Crippen molar-refractivity contribution in [2.75, 3.05) is 30.1 Å². The molecule has 1 aromatic heterocycles. The van der Waals surface area contributed by atoms with Gasteiger partial charge in [-0.05, 0) is 17.2 Å². The first kappa shape index (κ1) is 29.3. The van der Waals surface area contributed by atoms with Crippen molar-refractivity contribution in [2.24, 2.45) is 0 Å². The lowest BCUT2D eigenvalue weighted by Gasteiger charge is -2.50. The molecule has 1 aromatic rings. The number of sulfonamides is 1. The van der Waals surface area contributed by atoms with Gasteiger partial charge in [0.1, 0.15) is 28.6 Å². The fraction of sp³-hybridized carbons (Fsp3) is 0.625. The van der Waals surface area contributed by atoms with E-state index in [1.54, 1.807) is 0 Å². The van der Waals surface area contributed by atoms with Crippen molar-refractivity contribution >= 4 is 62.1 Å². The van der Waals surface area contributed by atoms with Crippen LogP contribution in [0.15, 0.2) is 16.4 Å². The quantitative estimate of drug-likeness (QED) is 0.161. The monoisotopic (exact) mass is 607 g/mol. The van der Waals surface area contributed by atoms with Crippen LogP contribution in [0.25, 0.3) is 0 Å². The summed E-state index contributed by atoms with van der Waals surface area (Å²) in [5.74, 6) is -5.86. The second-order valence-corrected chi connectivity index (χ2v) is 13.3. The molecule has 1 saturated heterocycles. The summed E-state index contributed by atoms with van der Waals surface area (Å²) >= 11 is 2.11. The van der Waals surface area contributed by atoms with E-state index in [1.165, 1.54) is 0 Å². The van der Waals surface area contributed by atoms with Gasteiger partial charge in [0.25, 0.3) is 5.91 Å². The highest BCUT2D eigenvalue weighted by Crippen LogP contribution is 2.44. The van der Waals surface area contributed by atoms with Gasteiger partial charge in [-0.15, -0.1) is 22.0 Å². The van der Waals surface area contributed by atoms with Crippen molar-refractivity contribution in [1.29, 1.82) is 0 Å². The maximum atomic E-state index is 12.8. The minimum absolute atomic E-state index is 0.0550. The fourth-order valence-corrected chi connectivity index (χ4v) is 7.36. The van der Waals surface area contributed by atoms with E-state index in [-0.39, 0.29) is 35.1 Å². The van der Waals surface area contributed by atoms with Gasteiger partial charge >= 0.3 is 12.1 Å². The molecule has 0 bridgehead atoms. The molecule has 0 aromatic carbocycles. The van der Waals surface area contributed by atoms with Gasteiger partial charge in [0.05, 0.1) is 6.26 Å². The van der Waals surface area contributed by atoms with Crippen molar-refractivity contribution in [2.45, 2.75) is 34.4 Å². The number of thioether (sulfide) groups is 2. The van der Waals surface area contributed by atoms with Gasteiger partial charge in [-0.3, -0.25) is 18.7 Å². The lowest BCUT2D eigenvalue weighted by atomic mass is 10.0. The van der Waals surface area contributed by atoms with Crippen molar-refractivity contribution in [3.63, 3.8) is 0 Å². The normalized spacial score (nSPS) is 21.7. The number of H-pyrrole nitrogens is 1. The van der Waals surface area contributed by atoms with Crippen LogP contribution in [0.1, 0.15) is 6.42 Å². The molecule has 0 spiro atoms. The molecule has 4 atom stereocenters. The number of carbonyl (C=O) groups is 3. The third kappa shape index (κ3) is 7.88. The number of hydrogen-bond donors (Lipinski definition) is 4. The van der Waals surface area contributed by atoms with Crippen molar-refractivity contribution in [3.05, 3.63) is 11.3 Å². The summed E-state index contributed by atoms with van der Waals surface area (Å²) in [7, 11) is -6.06. The first-order valence-corrected chi connectivity index (χ1v) is 15.4. The summed E-state index contributed by atoms with van der Waals surface area (Å²) in [5, 5.41) is 24.0. The molecule has 0 aliphatic carbocycles. The molecule has 2 aliphatic rings. The van der Waals surface area contributed by atoms with Crippen molar-refractivity contribution in [1.82, 2.24) is 35.6 Å². The predicted octanol–water partition coefficient (Wildman–Crippen LogP) is -1.35. The number of aromatic nitrogens is 4. The zero-order valence-corrected chi connectivity index (χ0v) is 22.0. The number of rotatable bonds is 12. The van der Waals surface area contributed by atoms with Gasteiger partial charge in [0.2, 0.25) is 21.1 Å². The Kier molecular flexibility index (Phi) is 9.24. The minimum Gasteiger partial charge on any atom is -0.477 e. The second kappa shape index (κ2) is 11.7. The Bertz CT molecular complexity index is 1210. The van der Waals surface area contributed by atoms with E-state index < -0.39 is 73.0 Å². The van der Waals surface area contributed by atoms with Gasteiger partial charge in [-0.1, -0.05) is 11.8 Å². The van der Waals surface area contributed by atoms with Gasteiger partial charge < -0.3 is 10.4 Å². The molecular weight excluding hydrogens is 587 g/mol. The molecule has 37 heavy (non-hydrogen) atoms. The molecule has 14 nitrogen and oxygen atoms in total. The Balaban J connectivity index is 1.77. The predicted molar refractivity (Wildman–Crippen MR) is 125 cm³/mol. The van der Waals surface area contributed by atoms with Crippen LogP contribution in [-0.2, 0) is 35.2 Å². The average molecular weight is 608 g/mol. The van der Waals surface area contributed by atoms with Crippen LogP contribution in [0.5, 0.6) is 0 Å². The van der Waals surface area contributed by atoms with E-state index in [4.69, 9.17) is 0 Å². The maximum absolute atomic E-state index is 12.8. The summed E-state index contributed by atoms with van der Waals surface area (Å²) in [6, 6.07) is -1.22. The third-order valence-corrected chi connectivity index (χ3v) is 9.32. The summed E-state index contributed by atoms with van der Waals surface area (Å²) in [6.45, 7) is -0.0550. The van der Waals surface area contributed by atoms with E-state index in [0.717, 1.165) is 34.7 Å². The molecule has 21 heteroatoms. The molecule has 1 fully saturated rings. The van der Waals surface area contributed by atoms with Gasteiger partial charge in [0, 0.05) is 28.3 Å². The maximum Gasteiger partial charge on any atom is 0.400 e. The number of halogens is 3. The largest absolute Gasteiger partial charge is 0.477 e. The lowest BCUT2D eigenvalue weighted by molar-refractivity contribution is -0.150. The number of carboxylic acids is 1. The molecule has 4 N–H and O–H groups in total. The van der Waals surface area contributed by atoms with Gasteiger partial charge in [-0.25, -0.2) is 17.9 Å². The van der Waals surface area contributed by atoms with Gasteiger partial charge in [0.15, 0.2) is 0 Å². The fourth-order valence-electron chi connectivity index (χ4n) is 3.49. The number of aromatic amines is 1. The van der Waals surface area contributed by atoms with Crippen LogP contribution < -0.4 is 10.0 Å². The highest BCUT2D eigenvalue weighted by Gasteiger charge is 2.55. The summed E-state index contributed by atoms with van der Waals surface area (Å²) in [4.78, 5) is 38.0. The zero-order valence-electron chi connectivity index (χ0n) is 18.7. The van der Waals surface area contributed by atoms with Crippen molar-refractivity contribution < 1.29 is 45.3 Å². The van der Waals surface area contributed by atoms with E-state index >= 15 is 0 Å². The molecular formula is C16H20F3N7O7S4. The Morgan fingerprint density at radius 1 is 1.41 bits per heavy atom. The summed E-state index contributed by atoms with van der Waals surface area (Å²) in [5.41, 5.74) is -0.0801. The van der Waals surface area contributed by atoms with Gasteiger partial charge in [-0.2, -0.15) is 18.4 Å². The van der Waals surface area contributed by atoms with E-state index in [9.17, 15) is 45.3 Å². The summed E-state index contributed by atoms with van der Waals surface area (Å²) < 4.78 is 73.8. The topological polar surface area (TPSA) is 204 Å². The molecule has 0 radical (unpaired) electrons. The van der Waals surface area contributed by atoms with E-state index in [0.29, 0.717) is 0 Å². The zero-order chi connectivity index (χ0) is 27.5. The van der Waals surface area contributed by atoms with Crippen LogP contribution in [-0.4, -0.2) is 114 Å². The number of tetrazole rings is 1. The van der Waals surface area contributed by atoms with Crippen LogP contribution in [0.2, 0.25) is 0 Å². The first-order chi connectivity index (χ1) is 17.2. The standard InChI is InChI=1S/C16H20F3N7O7S4/c1-37(32,33)20-3-2-8(35-15-22-24-25-23-15)7-4-34-13-10(12(28)26(13)11(7)14(29)30)21-9(27)5-36(31)6-16(17,18)19/h8,10,13,20H,2-6H2,1H3,(H,21,27)(H,29,30)(H,22,23,24,25)/t8?,10-,13-,36?/m1/s1. The third-order valence-electron chi connectivity index (χ3n) is 4.87. The Morgan fingerprint density at radius 2 is 2.11 bits per heavy atom. The first-order valence-electron chi connectivity index (χ1n) is 10.1. The van der Waals surface area contributed by atoms with Crippen LogP contribution >= 0.6 is 23.5 Å². The SMILES string of the molecule is CS(=O)(=O)NCCC(Sc1nn[nH]n1)C1=C(C(=O)O)N2C(=O)[C@@H](NC(=O)CS(=O)CC(F)(F)F)[C@H]2SC1. The molecule has 3 heterocycles. The molecule has 2 amide bonds. The highest BCUT2D eigenvalue weighted by molar-refractivity contribution is 8.01. The number of carboxylic acid groups (broad SMARTS) is 1. The smallest absolute Gasteiger partial charge is 0.400 e. The highest BCUT2D eigenvalue weighted by atomic mass is 32.2. The molecule has 2 unspecified atom stereocenters. The average Bonchev–Trinajstić information content (AvgIpc) is 3.26. The minimum atomic E-state index is -4.72. The number of aliphatic carboxylic acids is 1. The Labute approximate surface area is 218 Å². The molecule has 0 saturated carbocycles. The number of alkyl halides is 3. The number of hydrogen-bond acceptors (Lipinski definition) is 11. The van der Waals surface area contributed by atoms with E-state index in [2.05, 4.69) is 30.7 Å². The number of nitrogens with zero attached hydrogens (tertiary/aromatic N) is 4. The summed E-state index contributed by atoms with van der Waals surface area (Å²) in [6.07, 6.45) is -3.65. The van der Waals surface area contributed by atoms with Crippen LogP contribution in [0, 0.1) is 0 Å². The number of fused-ring (bicyclic) bond motifs is 1. The van der Waals surface area contributed by atoms with Crippen LogP contribution in [0.3, 0.4) is 0 Å². The molecule has 3 rings (SSSR count). The number of nitrogens with one attached hydrogen (secondary N) is 3. The molecule has 2 aliphatic heterocycles. The molecule has 206 valence electrons. The second-order valence-electron chi connectivity index (χ2n) is 7.73. The number of carbonyl (C=O) groups excluding carboxylic acids is 2. The number of amides is 2. The number of β-lactam (4-membered cyclic amide) rings is 1. The Hall–Kier alpha value is -2.23. The van der Waals surface area contributed by atoms with E-state index in [1.807, 2.05) is 0 Å².